The Bertz CT molecular complexity index is 707. The quantitative estimate of drug-likeness (QED) is 0.807. The molecule has 0 atom stereocenters. The first kappa shape index (κ1) is 13.4. The Labute approximate surface area is 123 Å². The summed E-state index contributed by atoms with van der Waals surface area (Å²) in [6.45, 7) is 0. The van der Waals surface area contributed by atoms with Crippen molar-refractivity contribution in [3.63, 3.8) is 0 Å². The summed E-state index contributed by atoms with van der Waals surface area (Å²) in [6, 6.07) is 13.3. The first-order chi connectivity index (χ1) is 10.2. The van der Waals surface area contributed by atoms with Gasteiger partial charge in [-0.05, 0) is 29.3 Å². The normalized spacial score (nSPS) is 15.1. The second-order valence-electron chi connectivity index (χ2n) is 4.98. The van der Waals surface area contributed by atoms with Gasteiger partial charge in [0.25, 0.3) is 0 Å². The lowest BCUT2D eigenvalue weighted by Crippen LogP contribution is -1.95. The first-order valence-corrected chi connectivity index (χ1v) is 6.77. The fraction of sp³-hybridized carbons (Fsp3) is 0.167. The zero-order valence-corrected chi connectivity index (χ0v) is 12.1. The molecular formula is C18H16O3. The monoisotopic (exact) mass is 280 g/mol. The number of carbonyl (C=O) groups is 1. The van der Waals surface area contributed by atoms with Crippen molar-refractivity contribution >= 4 is 11.9 Å². The van der Waals surface area contributed by atoms with Gasteiger partial charge in [0.2, 0.25) is 0 Å². The van der Waals surface area contributed by atoms with Crippen LogP contribution in [0.5, 0.6) is 11.5 Å². The average Bonchev–Trinajstić information content (AvgIpc) is 2.83. The summed E-state index contributed by atoms with van der Waals surface area (Å²) in [4.78, 5) is 12.4. The number of hydrogen-bond donors (Lipinski definition) is 0. The Hall–Kier alpha value is -2.55. The van der Waals surface area contributed by atoms with Crippen LogP contribution in [0, 0.1) is 0 Å². The van der Waals surface area contributed by atoms with Gasteiger partial charge in [-0.1, -0.05) is 24.3 Å². The van der Waals surface area contributed by atoms with E-state index in [0.717, 1.165) is 22.3 Å². The molecule has 0 saturated heterocycles. The predicted octanol–water partition coefficient (Wildman–Crippen LogP) is 3.53. The number of benzene rings is 2. The van der Waals surface area contributed by atoms with Crippen molar-refractivity contribution in [3.05, 3.63) is 64.7 Å². The molecule has 2 aromatic carbocycles. The standard InChI is InChI=1S/C18H16O3/c1-20-15-8-12(9-16(11-15)21-2)7-14-10-13-5-3-4-6-17(13)18(14)19/h3-9,11H,10H2,1-2H3/b14-7-. The topological polar surface area (TPSA) is 35.5 Å². The summed E-state index contributed by atoms with van der Waals surface area (Å²) in [5.41, 5.74) is 3.59. The summed E-state index contributed by atoms with van der Waals surface area (Å²) in [5.74, 6) is 1.53. The van der Waals surface area contributed by atoms with E-state index in [1.807, 2.05) is 48.5 Å². The van der Waals surface area contributed by atoms with Crippen LogP contribution in [0.15, 0.2) is 48.0 Å². The van der Waals surface area contributed by atoms with Crippen molar-refractivity contribution in [2.75, 3.05) is 14.2 Å². The molecule has 21 heavy (non-hydrogen) atoms. The number of Topliss-reactive ketones (excluding diaryl/α,β-unsaturated/α-hetero) is 1. The molecule has 0 radical (unpaired) electrons. The van der Waals surface area contributed by atoms with Gasteiger partial charge in [-0.25, -0.2) is 0 Å². The molecule has 0 spiro atoms. The molecule has 0 unspecified atom stereocenters. The van der Waals surface area contributed by atoms with Crippen molar-refractivity contribution in [2.24, 2.45) is 0 Å². The smallest absolute Gasteiger partial charge is 0.189 e. The lowest BCUT2D eigenvalue weighted by molar-refractivity contribution is 0.104. The average molecular weight is 280 g/mol. The number of hydrogen-bond acceptors (Lipinski definition) is 3. The number of rotatable bonds is 3. The number of fused-ring (bicyclic) bond motifs is 1. The highest BCUT2D eigenvalue weighted by Gasteiger charge is 2.23. The van der Waals surface area contributed by atoms with Crippen molar-refractivity contribution in [1.82, 2.24) is 0 Å². The van der Waals surface area contributed by atoms with E-state index in [2.05, 4.69) is 0 Å². The second kappa shape index (κ2) is 5.44. The number of ether oxygens (including phenoxy) is 2. The summed E-state index contributed by atoms with van der Waals surface area (Å²) < 4.78 is 10.5. The van der Waals surface area contributed by atoms with Crippen molar-refractivity contribution in [2.45, 2.75) is 6.42 Å². The molecule has 0 fully saturated rings. The van der Waals surface area contributed by atoms with E-state index in [-0.39, 0.29) is 5.78 Å². The van der Waals surface area contributed by atoms with E-state index in [1.54, 1.807) is 14.2 Å². The fourth-order valence-electron chi connectivity index (χ4n) is 2.58. The van der Waals surface area contributed by atoms with Crippen LogP contribution in [0.4, 0.5) is 0 Å². The van der Waals surface area contributed by atoms with Crippen molar-refractivity contribution in [3.8, 4) is 11.5 Å². The van der Waals surface area contributed by atoms with Gasteiger partial charge in [-0.15, -0.1) is 0 Å². The predicted molar refractivity (Wildman–Crippen MR) is 82.0 cm³/mol. The minimum absolute atomic E-state index is 0.104. The van der Waals surface area contributed by atoms with Crippen LogP contribution < -0.4 is 9.47 Å². The Morgan fingerprint density at radius 2 is 1.67 bits per heavy atom. The lowest BCUT2D eigenvalue weighted by atomic mass is 10.1. The lowest BCUT2D eigenvalue weighted by Gasteiger charge is -2.06. The Kier molecular flexibility index (Phi) is 3.48. The third-order valence-corrected chi connectivity index (χ3v) is 3.65. The summed E-state index contributed by atoms with van der Waals surface area (Å²) >= 11 is 0. The van der Waals surface area contributed by atoms with Gasteiger partial charge in [0.1, 0.15) is 11.5 Å². The van der Waals surface area contributed by atoms with Gasteiger partial charge in [-0.3, -0.25) is 4.79 Å². The van der Waals surface area contributed by atoms with Crippen LogP contribution in [0.2, 0.25) is 0 Å². The molecule has 0 aromatic heterocycles. The van der Waals surface area contributed by atoms with Crippen LogP contribution in [-0.4, -0.2) is 20.0 Å². The molecule has 0 amide bonds. The Balaban J connectivity index is 1.99. The van der Waals surface area contributed by atoms with Crippen molar-refractivity contribution < 1.29 is 14.3 Å². The molecule has 1 aliphatic carbocycles. The third-order valence-electron chi connectivity index (χ3n) is 3.65. The highest BCUT2D eigenvalue weighted by Crippen LogP contribution is 2.29. The van der Waals surface area contributed by atoms with E-state index in [1.165, 1.54) is 0 Å². The molecular weight excluding hydrogens is 264 g/mol. The van der Waals surface area contributed by atoms with Gasteiger partial charge in [0.05, 0.1) is 14.2 Å². The third kappa shape index (κ3) is 2.55. The Morgan fingerprint density at radius 1 is 1.00 bits per heavy atom. The number of ketones is 1. The number of allylic oxidation sites excluding steroid dienone is 1. The first-order valence-electron chi connectivity index (χ1n) is 6.77. The zero-order chi connectivity index (χ0) is 14.8. The number of carbonyl (C=O) groups excluding carboxylic acids is 1. The molecule has 0 heterocycles. The van der Waals surface area contributed by atoms with Crippen molar-refractivity contribution in [1.29, 1.82) is 0 Å². The molecule has 0 N–H and O–H groups in total. The Morgan fingerprint density at radius 3 is 2.29 bits per heavy atom. The highest BCUT2D eigenvalue weighted by atomic mass is 16.5. The van der Waals surface area contributed by atoms with Gasteiger partial charge in [0, 0.05) is 23.6 Å². The van der Waals surface area contributed by atoms with Crippen LogP contribution in [-0.2, 0) is 6.42 Å². The zero-order valence-electron chi connectivity index (χ0n) is 12.1. The molecule has 1 aliphatic rings. The molecule has 3 rings (SSSR count). The second-order valence-corrected chi connectivity index (χ2v) is 4.98. The van der Waals surface area contributed by atoms with Gasteiger partial charge in [-0.2, -0.15) is 0 Å². The van der Waals surface area contributed by atoms with Crippen LogP contribution >= 0.6 is 0 Å². The van der Waals surface area contributed by atoms with Crippen LogP contribution in [0.3, 0.4) is 0 Å². The van der Waals surface area contributed by atoms with E-state index >= 15 is 0 Å². The largest absolute Gasteiger partial charge is 0.497 e. The number of methoxy groups -OCH3 is 2. The maximum atomic E-state index is 12.4. The van der Waals surface area contributed by atoms with Crippen LogP contribution in [0.25, 0.3) is 6.08 Å². The van der Waals surface area contributed by atoms with Gasteiger partial charge in [0.15, 0.2) is 5.78 Å². The van der Waals surface area contributed by atoms with Gasteiger partial charge < -0.3 is 9.47 Å². The molecule has 2 aromatic rings. The highest BCUT2D eigenvalue weighted by molar-refractivity contribution is 6.15. The molecule has 106 valence electrons. The summed E-state index contributed by atoms with van der Waals surface area (Å²) in [7, 11) is 3.23. The summed E-state index contributed by atoms with van der Waals surface area (Å²) in [6.07, 6.45) is 2.59. The maximum absolute atomic E-state index is 12.4. The fourth-order valence-corrected chi connectivity index (χ4v) is 2.58. The molecule has 0 saturated carbocycles. The maximum Gasteiger partial charge on any atom is 0.189 e. The molecule has 3 heteroatoms. The van der Waals surface area contributed by atoms with E-state index in [0.29, 0.717) is 17.9 Å². The van der Waals surface area contributed by atoms with E-state index < -0.39 is 0 Å². The molecule has 3 nitrogen and oxygen atoms in total. The molecule has 0 aliphatic heterocycles. The van der Waals surface area contributed by atoms with Gasteiger partial charge >= 0.3 is 0 Å². The van der Waals surface area contributed by atoms with E-state index in [9.17, 15) is 4.79 Å². The molecule has 0 bridgehead atoms. The SMILES string of the molecule is COc1cc(/C=C2/Cc3ccccc3C2=O)cc(OC)c1. The summed E-state index contributed by atoms with van der Waals surface area (Å²) in [5, 5.41) is 0. The minimum atomic E-state index is 0.104. The van der Waals surface area contributed by atoms with E-state index in [4.69, 9.17) is 9.47 Å². The van der Waals surface area contributed by atoms with Crippen LogP contribution in [0.1, 0.15) is 21.5 Å². The minimum Gasteiger partial charge on any atom is -0.497 e.